The summed E-state index contributed by atoms with van der Waals surface area (Å²) < 4.78 is 36.2. The van der Waals surface area contributed by atoms with Crippen LogP contribution in [0.2, 0.25) is 0 Å². The van der Waals surface area contributed by atoms with Gasteiger partial charge in [-0.1, -0.05) is 72.8 Å². The van der Waals surface area contributed by atoms with Crippen molar-refractivity contribution in [2.24, 2.45) is 0 Å². The lowest BCUT2D eigenvalue weighted by Gasteiger charge is -2.37. The van der Waals surface area contributed by atoms with Crippen LogP contribution in [-0.4, -0.2) is 29.0 Å². The number of hydrogen-bond donors (Lipinski definition) is 0. The Morgan fingerprint density at radius 1 is 0.971 bits per heavy atom. The van der Waals surface area contributed by atoms with Crippen LogP contribution in [0.5, 0.6) is 0 Å². The highest BCUT2D eigenvalue weighted by Crippen LogP contribution is 2.51. The quantitative estimate of drug-likeness (QED) is 0.321. The van der Waals surface area contributed by atoms with Gasteiger partial charge in [0.2, 0.25) is 5.91 Å². The van der Waals surface area contributed by atoms with E-state index < -0.39 is 29.6 Å². The Morgan fingerprint density at radius 3 is 2.35 bits per heavy atom. The zero-order chi connectivity index (χ0) is 24.1. The molecule has 4 aromatic rings. The van der Waals surface area contributed by atoms with Gasteiger partial charge in [0.05, 0.1) is 23.2 Å². The molecule has 1 unspecified atom stereocenters. The highest BCUT2D eigenvalue weighted by molar-refractivity contribution is 6.14. The standard InChI is InChI=1S/C28H23F2NO3/c1-3-34-26(33)28(29,30)17-27(2)21-15-9-7-13-19(21)24-23(18-11-5-4-6-12-18)20-14-8-10-16-22(20)31(24)25(27)32/h4-16H,3,17H2,1-2H3. The first-order valence-electron chi connectivity index (χ1n) is 11.2. The number of nitrogens with zero attached hydrogens (tertiary/aromatic N) is 1. The number of para-hydroxylation sites is 1. The molecule has 1 aromatic heterocycles. The molecule has 3 aromatic carbocycles. The van der Waals surface area contributed by atoms with Crippen molar-refractivity contribution in [1.29, 1.82) is 0 Å². The minimum absolute atomic E-state index is 0.164. The summed E-state index contributed by atoms with van der Waals surface area (Å²) in [4.78, 5) is 26.2. The van der Waals surface area contributed by atoms with Crippen molar-refractivity contribution >= 4 is 22.8 Å². The highest BCUT2D eigenvalue weighted by atomic mass is 19.3. The van der Waals surface area contributed by atoms with Crippen molar-refractivity contribution in [3.05, 3.63) is 84.4 Å². The van der Waals surface area contributed by atoms with Crippen LogP contribution in [0.25, 0.3) is 33.3 Å². The van der Waals surface area contributed by atoms with Crippen LogP contribution in [0.4, 0.5) is 8.78 Å². The van der Waals surface area contributed by atoms with Gasteiger partial charge in [0.1, 0.15) is 0 Å². The van der Waals surface area contributed by atoms with Crippen LogP contribution < -0.4 is 0 Å². The SMILES string of the molecule is CCOC(=O)C(F)(F)CC1(C)C(=O)n2c(c(-c3ccccc3)c3ccccc32)-c2ccccc21. The Labute approximate surface area is 195 Å². The highest BCUT2D eigenvalue weighted by Gasteiger charge is 2.54. The van der Waals surface area contributed by atoms with E-state index in [4.69, 9.17) is 0 Å². The molecule has 0 saturated carbocycles. The number of benzene rings is 3. The number of carbonyl (C=O) groups excluding carboxylic acids is 2. The van der Waals surface area contributed by atoms with E-state index in [0.29, 0.717) is 22.3 Å². The van der Waals surface area contributed by atoms with E-state index in [0.717, 1.165) is 16.5 Å². The molecule has 0 bridgehead atoms. The van der Waals surface area contributed by atoms with E-state index in [9.17, 15) is 9.59 Å². The molecular weight excluding hydrogens is 436 g/mol. The van der Waals surface area contributed by atoms with Crippen molar-refractivity contribution < 1.29 is 23.1 Å². The Hall–Kier alpha value is -3.80. The number of hydrogen-bond acceptors (Lipinski definition) is 3. The summed E-state index contributed by atoms with van der Waals surface area (Å²) in [5.41, 5.74) is 2.63. The van der Waals surface area contributed by atoms with Crippen LogP contribution in [0.1, 0.15) is 30.6 Å². The number of ether oxygens (including phenoxy) is 1. The first kappa shape index (κ1) is 22.0. The van der Waals surface area contributed by atoms with Gasteiger partial charge in [0.15, 0.2) is 0 Å². The third kappa shape index (κ3) is 3.16. The van der Waals surface area contributed by atoms with E-state index >= 15 is 8.78 Å². The molecule has 6 heteroatoms. The maximum absolute atomic E-state index is 15.0. The number of carbonyl (C=O) groups is 2. The average Bonchev–Trinajstić information content (AvgIpc) is 3.18. The molecule has 0 amide bonds. The van der Waals surface area contributed by atoms with Gasteiger partial charge in [-0.25, -0.2) is 4.79 Å². The van der Waals surface area contributed by atoms with Gasteiger partial charge in [-0.05, 0) is 31.0 Å². The summed E-state index contributed by atoms with van der Waals surface area (Å²) in [6.07, 6.45) is -0.985. The predicted molar refractivity (Wildman–Crippen MR) is 127 cm³/mol. The predicted octanol–water partition coefficient (Wildman–Crippen LogP) is 6.48. The fourth-order valence-corrected chi connectivity index (χ4v) is 5.06. The number of aromatic nitrogens is 1. The van der Waals surface area contributed by atoms with Crippen LogP contribution >= 0.6 is 0 Å². The molecule has 4 nitrogen and oxygen atoms in total. The first-order chi connectivity index (χ1) is 16.3. The van der Waals surface area contributed by atoms with Crippen LogP contribution in [-0.2, 0) is 14.9 Å². The third-order valence-electron chi connectivity index (χ3n) is 6.54. The number of esters is 1. The van der Waals surface area contributed by atoms with Gasteiger partial charge in [0, 0.05) is 22.9 Å². The zero-order valence-corrected chi connectivity index (χ0v) is 18.8. The van der Waals surface area contributed by atoms with Crippen LogP contribution in [0.3, 0.4) is 0 Å². The summed E-state index contributed by atoms with van der Waals surface area (Å²) >= 11 is 0. The monoisotopic (exact) mass is 459 g/mol. The van der Waals surface area contributed by atoms with Gasteiger partial charge < -0.3 is 4.74 Å². The lowest BCUT2D eigenvalue weighted by Crippen LogP contribution is -2.47. The number of rotatable bonds is 5. The molecule has 1 aliphatic rings. The maximum Gasteiger partial charge on any atom is 0.377 e. The van der Waals surface area contributed by atoms with Crippen molar-refractivity contribution in [3.8, 4) is 22.4 Å². The smallest absolute Gasteiger partial charge is 0.377 e. The summed E-state index contributed by atoms with van der Waals surface area (Å²) in [6.45, 7) is 2.80. The molecule has 0 spiro atoms. The molecule has 5 rings (SSSR count). The third-order valence-corrected chi connectivity index (χ3v) is 6.54. The summed E-state index contributed by atoms with van der Waals surface area (Å²) in [6, 6.07) is 24.3. The van der Waals surface area contributed by atoms with Gasteiger partial charge >= 0.3 is 11.9 Å². The van der Waals surface area contributed by atoms with Crippen molar-refractivity contribution in [3.63, 3.8) is 0 Å². The molecular formula is C28H23F2NO3. The van der Waals surface area contributed by atoms with Crippen molar-refractivity contribution in [2.45, 2.75) is 31.6 Å². The van der Waals surface area contributed by atoms with Gasteiger partial charge in [-0.3, -0.25) is 9.36 Å². The van der Waals surface area contributed by atoms with Crippen LogP contribution in [0.15, 0.2) is 78.9 Å². The summed E-state index contributed by atoms with van der Waals surface area (Å²) in [5.74, 6) is -5.94. The van der Waals surface area contributed by atoms with Crippen molar-refractivity contribution in [2.75, 3.05) is 6.61 Å². The number of fused-ring (bicyclic) bond motifs is 5. The van der Waals surface area contributed by atoms with E-state index in [1.807, 2.05) is 66.7 Å². The normalized spacial score (nSPS) is 17.4. The molecule has 0 aliphatic carbocycles. The Morgan fingerprint density at radius 2 is 1.62 bits per heavy atom. The number of halogens is 2. The second-order valence-electron chi connectivity index (χ2n) is 8.73. The van der Waals surface area contributed by atoms with Crippen LogP contribution in [0, 0.1) is 0 Å². The topological polar surface area (TPSA) is 48.3 Å². The minimum atomic E-state index is -3.82. The molecule has 2 heterocycles. The molecule has 0 saturated heterocycles. The first-order valence-corrected chi connectivity index (χ1v) is 11.2. The van der Waals surface area contributed by atoms with Gasteiger partial charge in [-0.15, -0.1) is 0 Å². The van der Waals surface area contributed by atoms with E-state index in [1.54, 1.807) is 16.7 Å². The molecule has 172 valence electrons. The second-order valence-corrected chi connectivity index (χ2v) is 8.73. The zero-order valence-electron chi connectivity index (χ0n) is 18.8. The summed E-state index contributed by atoms with van der Waals surface area (Å²) in [7, 11) is 0. The Kier molecular flexibility index (Phi) is 5.12. The van der Waals surface area contributed by atoms with E-state index in [2.05, 4.69) is 4.74 Å². The Bertz CT molecular complexity index is 1420. The van der Waals surface area contributed by atoms with E-state index in [1.165, 1.54) is 13.8 Å². The number of alkyl halides is 2. The molecule has 0 N–H and O–H groups in total. The second kappa shape index (κ2) is 7.90. The largest absolute Gasteiger partial charge is 0.462 e. The lowest BCUT2D eigenvalue weighted by molar-refractivity contribution is -0.173. The average molecular weight is 459 g/mol. The molecule has 1 aliphatic heterocycles. The lowest BCUT2D eigenvalue weighted by atomic mass is 9.71. The molecule has 0 fully saturated rings. The van der Waals surface area contributed by atoms with Gasteiger partial charge in [-0.2, -0.15) is 8.78 Å². The van der Waals surface area contributed by atoms with Gasteiger partial charge in [0.25, 0.3) is 0 Å². The maximum atomic E-state index is 15.0. The van der Waals surface area contributed by atoms with E-state index in [-0.39, 0.29) is 6.61 Å². The molecule has 0 radical (unpaired) electrons. The Balaban J connectivity index is 1.81. The van der Waals surface area contributed by atoms with Crippen molar-refractivity contribution in [1.82, 2.24) is 4.57 Å². The fraction of sp³-hybridized carbons (Fsp3) is 0.214. The summed E-state index contributed by atoms with van der Waals surface area (Å²) in [5, 5.41) is 0.855. The minimum Gasteiger partial charge on any atom is -0.462 e. The molecule has 1 atom stereocenters. The fourth-order valence-electron chi connectivity index (χ4n) is 5.06. The molecule has 34 heavy (non-hydrogen) atoms.